The highest BCUT2D eigenvalue weighted by Gasteiger charge is 2.30. The molecule has 0 heterocycles. The molecule has 0 aliphatic heterocycles. The highest BCUT2D eigenvalue weighted by molar-refractivity contribution is 5.92. The molecule has 0 aliphatic carbocycles. The maximum Gasteiger partial charge on any atom is 0.416 e. The molecule has 0 radical (unpaired) electrons. The van der Waals surface area contributed by atoms with Crippen LogP contribution in [0.5, 0.6) is 0 Å². The van der Waals surface area contributed by atoms with Crippen LogP contribution in [0.3, 0.4) is 0 Å². The zero-order valence-corrected chi connectivity index (χ0v) is 10.9. The normalized spacial score (nSPS) is 11.2. The maximum absolute atomic E-state index is 12.6. The van der Waals surface area contributed by atoms with Crippen molar-refractivity contribution in [1.29, 1.82) is 0 Å². The lowest BCUT2D eigenvalue weighted by atomic mass is 10.1. The molecule has 0 spiro atoms. The lowest BCUT2D eigenvalue weighted by Gasteiger charge is -2.11. The first-order valence-electron chi connectivity index (χ1n) is 6.16. The SMILES string of the molecule is NC(=O)c1cccc(CNc2cccc(C(F)(F)F)c2)c1. The Kier molecular flexibility index (Phi) is 4.16. The number of benzene rings is 2. The number of nitrogens with one attached hydrogen (secondary N) is 1. The van der Waals surface area contributed by atoms with Gasteiger partial charge in [-0.2, -0.15) is 13.2 Å². The van der Waals surface area contributed by atoms with Crippen LogP contribution >= 0.6 is 0 Å². The zero-order chi connectivity index (χ0) is 15.5. The summed E-state index contributed by atoms with van der Waals surface area (Å²) < 4.78 is 37.8. The first kappa shape index (κ1) is 14.9. The molecule has 110 valence electrons. The highest BCUT2D eigenvalue weighted by Crippen LogP contribution is 2.30. The van der Waals surface area contributed by atoms with Gasteiger partial charge in [-0.15, -0.1) is 0 Å². The Balaban J connectivity index is 2.10. The molecule has 0 unspecified atom stereocenters. The van der Waals surface area contributed by atoms with Crippen molar-refractivity contribution in [3.63, 3.8) is 0 Å². The van der Waals surface area contributed by atoms with Crippen LogP contribution in [0.4, 0.5) is 18.9 Å². The van der Waals surface area contributed by atoms with Gasteiger partial charge in [-0.05, 0) is 35.9 Å². The summed E-state index contributed by atoms with van der Waals surface area (Å²) in [5.41, 5.74) is 5.93. The molecule has 1 amide bonds. The zero-order valence-electron chi connectivity index (χ0n) is 10.9. The summed E-state index contributed by atoms with van der Waals surface area (Å²) >= 11 is 0. The van der Waals surface area contributed by atoms with E-state index in [0.717, 1.165) is 17.7 Å². The first-order chi connectivity index (χ1) is 9.86. The van der Waals surface area contributed by atoms with Crippen molar-refractivity contribution < 1.29 is 18.0 Å². The Morgan fingerprint density at radius 3 is 2.48 bits per heavy atom. The Morgan fingerprint density at radius 1 is 1.10 bits per heavy atom. The van der Waals surface area contributed by atoms with E-state index in [1.54, 1.807) is 30.3 Å². The second-order valence-corrected chi connectivity index (χ2v) is 4.50. The highest BCUT2D eigenvalue weighted by atomic mass is 19.4. The summed E-state index contributed by atoms with van der Waals surface area (Å²) in [6.45, 7) is 0.294. The van der Waals surface area contributed by atoms with Gasteiger partial charge in [0.2, 0.25) is 5.91 Å². The minimum atomic E-state index is -4.37. The van der Waals surface area contributed by atoms with Gasteiger partial charge in [0.05, 0.1) is 5.56 Å². The van der Waals surface area contributed by atoms with Crippen molar-refractivity contribution in [2.75, 3.05) is 5.32 Å². The molecule has 0 fully saturated rings. The number of amides is 1. The molecule has 2 aromatic carbocycles. The van der Waals surface area contributed by atoms with Gasteiger partial charge in [-0.3, -0.25) is 4.79 Å². The van der Waals surface area contributed by atoms with E-state index in [1.807, 2.05) is 0 Å². The van der Waals surface area contributed by atoms with E-state index < -0.39 is 17.6 Å². The van der Waals surface area contributed by atoms with Crippen molar-refractivity contribution >= 4 is 11.6 Å². The van der Waals surface area contributed by atoms with Crippen LogP contribution in [0.15, 0.2) is 48.5 Å². The lowest BCUT2D eigenvalue weighted by Crippen LogP contribution is -2.11. The van der Waals surface area contributed by atoms with E-state index in [2.05, 4.69) is 5.32 Å². The molecular formula is C15H13F3N2O. The predicted octanol–water partition coefficient (Wildman–Crippen LogP) is 3.42. The summed E-state index contributed by atoms with van der Waals surface area (Å²) in [6, 6.07) is 11.5. The van der Waals surface area contributed by atoms with Gasteiger partial charge >= 0.3 is 6.18 Å². The largest absolute Gasteiger partial charge is 0.416 e. The molecular weight excluding hydrogens is 281 g/mol. The molecule has 6 heteroatoms. The Bertz CT molecular complexity index is 653. The van der Waals surface area contributed by atoms with Gasteiger partial charge in [0.1, 0.15) is 0 Å². The van der Waals surface area contributed by atoms with Crippen molar-refractivity contribution in [1.82, 2.24) is 0 Å². The van der Waals surface area contributed by atoms with Crippen molar-refractivity contribution in [2.24, 2.45) is 5.73 Å². The summed E-state index contributed by atoms with van der Waals surface area (Å²) in [7, 11) is 0. The third kappa shape index (κ3) is 3.98. The number of primary amides is 1. The average molecular weight is 294 g/mol. The van der Waals surface area contributed by atoms with Crippen molar-refractivity contribution in [2.45, 2.75) is 12.7 Å². The summed E-state index contributed by atoms with van der Waals surface area (Å²) in [5, 5.41) is 2.89. The summed E-state index contributed by atoms with van der Waals surface area (Å²) in [4.78, 5) is 11.1. The molecule has 0 atom stereocenters. The summed E-state index contributed by atoms with van der Waals surface area (Å²) in [6.07, 6.45) is -4.37. The second kappa shape index (κ2) is 5.87. The molecule has 3 N–H and O–H groups in total. The smallest absolute Gasteiger partial charge is 0.381 e. The Labute approximate surface area is 119 Å². The standard InChI is InChI=1S/C15H13F3N2O/c16-15(17,18)12-5-2-6-13(8-12)20-9-10-3-1-4-11(7-10)14(19)21/h1-8,20H,9H2,(H2,19,21). The molecule has 3 nitrogen and oxygen atoms in total. The van der Waals surface area contributed by atoms with Crippen LogP contribution in [-0.2, 0) is 12.7 Å². The fourth-order valence-corrected chi connectivity index (χ4v) is 1.84. The third-order valence-corrected chi connectivity index (χ3v) is 2.90. The maximum atomic E-state index is 12.6. The fraction of sp³-hybridized carbons (Fsp3) is 0.133. The van der Waals surface area contributed by atoms with Gasteiger partial charge in [-0.1, -0.05) is 18.2 Å². The average Bonchev–Trinajstić information content (AvgIpc) is 2.45. The monoisotopic (exact) mass is 294 g/mol. The van der Waals surface area contributed by atoms with Crippen molar-refractivity contribution in [3.05, 3.63) is 65.2 Å². The molecule has 0 aromatic heterocycles. The molecule has 2 aromatic rings. The lowest BCUT2D eigenvalue weighted by molar-refractivity contribution is -0.137. The third-order valence-electron chi connectivity index (χ3n) is 2.90. The predicted molar refractivity (Wildman–Crippen MR) is 73.7 cm³/mol. The second-order valence-electron chi connectivity index (χ2n) is 4.50. The topological polar surface area (TPSA) is 55.1 Å². The fourth-order valence-electron chi connectivity index (χ4n) is 1.84. The number of carbonyl (C=O) groups is 1. The van der Waals surface area contributed by atoms with E-state index in [-0.39, 0.29) is 0 Å². The van der Waals surface area contributed by atoms with Gasteiger partial charge < -0.3 is 11.1 Å². The molecule has 21 heavy (non-hydrogen) atoms. The number of alkyl halides is 3. The number of nitrogens with two attached hydrogens (primary N) is 1. The van der Waals surface area contributed by atoms with E-state index in [9.17, 15) is 18.0 Å². The number of hydrogen-bond donors (Lipinski definition) is 2. The molecule has 0 saturated carbocycles. The van der Waals surface area contributed by atoms with Crippen LogP contribution in [0.1, 0.15) is 21.5 Å². The summed E-state index contributed by atoms with van der Waals surface area (Å²) in [5.74, 6) is -0.545. The molecule has 2 rings (SSSR count). The van der Waals surface area contributed by atoms with Crippen molar-refractivity contribution in [3.8, 4) is 0 Å². The number of anilines is 1. The van der Waals surface area contributed by atoms with Crippen LogP contribution < -0.4 is 11.1 Å². The number of halogens is 3. The van der Waals surface area contributed by atoms with E-state index in [4.69, 9.17) is 5.73 Å². The van der Waals surface area contributed by atoms with Crippen LogP contribution in [0.2, 0.25) is 0 Å². The van der Waals surface area contributed by atoms with Crippen LogP contribution in [0.25, 0.3) is 0 Å². The minimum absolute atomic E-state index is 0.294. The molecule has 0 bridgehead atoms. The van der Waals surface area contributed by atoms with E-state index in [1.165, 1.54) is 6.07 Å². The first-order valence-corrected chi connectivity index (χ1v) is 6.16. The minimum Gasteiger partial charge on any atom is -0.381 e. The van der Waals surface area contributed by atoms with Gasteiger partial charge in [0.15, 0.2) is 0 Å². The molecule has 0 saturated heterocycles. The Hall–Kier alpha value is -2.50. The number of carbonyl (C=O) groups excluding carboxylic acids is 1. The number of hydrogen-bond acceptors (Lipinski definition) is 2. The van der Waals surface area contributed by atoms with E-state index >= 15 is 0 Å². The van der Waals surface area contributed by atoms with Gasteiger partial charge in [0.25, 0.3) is 0 Å². The quantitative estimate of drug-likeness (QED) is 0.908. The van der Waals surface area contributed by atoms with Crippen LogP contribution in [-0.4, -0.2) is 5.91 Å². The van der Waals surface area contributed by atoms with Crippen LogP contribution in [0, 0.1) is 0 Å². The number of rotatable bonds is 4. The van der Waals surface area contributed by atoms with Gasteiger partial charge in [0, 0.05) is 17.8 Å². The van der Waals surface area contributed by atoms with E-state index in [0.29, 0.717) is 17.8 Å². The van der Waals surface area contributed by atoms with Gasteiger partial charge in [-0.25, -0.2) is 0 Å². The Morgan fingerprint density at radius 2 is 1.81 bits per heavy atom. The molecule has 0 aliphatic rings.